The molecule has 0 saturated carbocycles. The number of urea groups is 1. The predicted octanol–water partition coefficient (Wildman–Crippen LogP) is 1.29. The zero-order valence-electron chi connectivity index (χ0n) is 50.6. The molecule has 1 aromatic carbocycles. The van der Waals surface area contributed by atoms with Crippen LogP contribution in [-0.4, -0.2) is 277 Å². The predicted molar refractivity (Wildman–Crippen MR) is 324 cm³/mol. The van der Waals surface area contributed by atoms with Gasteiger partial charge in [0, 0.05) is 116 Å². The third kappa shape index (κ3) is 28.4. The van der Waals surface area contributed by atoms with E-state index in [-0.39, 0.29) is 97.2 Å². The summed E-state index contributed by atoms with van der Waals surface area (Å²) in [6.07, 6.45) is 10.9. The Balaban J connectivity index is 1.04. The molecule has 0 bridgehead atoms. The summed E-state index contributed by atoms with van der Waals surface area (Å²) >= 11 is 0. The minimum absolute atomic E-state index is 0.0648. The van der Waals surface area contributed by atoms with E-state index in [9.17, 15) is 69.0 Å². The molecule has 2 aromatic rings. The first-order valence-corrected chi connectivity index (χ1v) is 31.0. The summed E-state index contributed by atoms with van der Waals surface area (Å²) in [5, 5.41) is 86.6. The second-order valence-corrected chi connectivity index (χ2v) is 23.0. The van der Waals surface area contributed by atoms with E-state index in [0.29, 0.717) is 55.8 Å². The number of hydrogen-bond donors (Lipinski definition) is 12. The van der Waals surface area contributed by atoms with Gasteiger partial charge in [-0.2, -0.15) is 15.0 Å². The average Bonchev–Trinajstić information content (AvgIpc) is 3.25. The lowest BCUT2D eigenvalue weighted by Crippen LogP contribution is -2.53. The summed E-state index contributed by atoms with van der Waals surface area (Å²) in [5.41, 5.74) is 1.56. The SMILES string of the molecule is O=C(O)CN1CCN(CC(=O)O)CCN(CC(=O)O)C(Cc2ccc(Nc3nc(N4CCCCC4)nc(N4CCN(CCCCCCCCCCC(=O)NCCCC[C@H](NC(=O)N[C@@H](CCC(O)O)C(=O)O)C(=O)O)CC4)n3)cc2)CN(CC(=O)O)CC1. The van der Waals surface area contributed by atoms with Crippen LogP contribution in [0.25, 0.3) is 0 Å². The van der Waals surface area contributed by atoms with Crippen LogP contribution in [0.1, 0.15) is 115 Å². The Bertz CT molecular complexity index is 2500. The highest BCUT2D eigenvalue weighted by Crippen LogP contribution is 2.25. The van der Waals surface area contributed by atoms with Gasteiger partial charge >= 0.3 is 41.8 Å². The van der Waals surface area contributed by atoms with Crippen molar-refractivity contribution in [2.75, 3.05) is 139 Å². The Morgan fingerprint density at radius 1 is 0.500 bits per heavy atom. The van der Waals surface area contributed by atoms with Crippen LogP contribution in [0.5, 0.6) is 0 Å². The molecule has 30 heteroatoms. The first kappa shape index (κ1) is 71.7. The molecule has 3 aliphatic rings. The van der Waals surface area contributed by atoms with E-state index in [2.05, 4.69) is 36.0 Å². The van der Waals surface area contributed by atoms with Crippen LogP contribution in [0.3, 0.4) is 0 Å². The molecule has 1 unspecified atom stereocenters. The van der Waals surface area contributed by atoms with Gasteiger partial charge in [0.05, 0.1) is 26.2 Å². The summed E-state index contributed by atoms with van der Waals surface area (Å²) < 4.78 is 0. The van der Waals surface area contributed by atoms with Crippen molar-refractivity contribution in [3.63, 3.8) is 0 Å². The molecule has 3 saturated heterocycles. The number of carbonyl (C=O) groups is 8. The highest BCUT2D eigenvalue weighted by molar-refractivity contribution is 5.86. The van der Waals surface area contributed by atoms with Crippen molar-refractivity contribution in [2.24, 2.45) is 0 Å². The number of rotatable bonds is 37. The van der Waals surface area contributed by atoms with Crippen molar-refractivity contribution < 1.29 is 79.2 Å². The molecule has 0 spiro atoms. The molecule has 30 nitrogen and oxygen atoms in total. The lowest BCUT2D eigenvalue weighted by atomic mass is 10.0. The summed E-state index contributed by atoms with van der Waals surface area (Å²) in [6, 6.07) is 3.40. The van der Waals surface area contributed by atoms with E-state index in [0.717, 1.165) is 122 Å². The van der Waals surface area contributed by atoms with Gasteiger partial charge in [-0.1, -0.05) is 50.7 Å². The van der Waals surface area contributed by atoms with Crippen molar-refractivity contribution in [2.45, 2.75) is 140 Å². The number of hydrogen-bond acceptors (Lipinski definition) is 21. The van der Waals surface area contributed by atoms with Crippen molar-refractivity contribution in [1.82, 2.24) is 55.4 Å². The molecule has 4 heterocycles. The number of aromatic nitrogens is 3. The van der Waals surface area contributed by atoms with Crippen LogP contribution >= 0.6 is 0 Å². The average molecular weight is 1240 g/mol. The van der Waals surface area contributed by atoms with Gasteiger partial charge in [-0.05, 0) is 88.4 Å². The number of unbranched alkanes of at least 4 members (excludes halogenated alkanes) is 8. The molecule has 3 fully saturated rings. The Morgan fingerprint density at radius 2 is 1.00 bits per heavy atom. The molecule has 0 radical (unpaired) electrons. The molecular weight excluding hydrogens is 1150 g/mol. The first-order valence-electron chi connectivity index (χ1n) is 31.0. The van der Waals surface area contributed by atoms with Gasteiger partial charge in [-0.15, -0.1) is 0 Å². The van der Waals surface area contributed by atoms with E-state index in [1.54, 1.807) is 19.6 Å². The van der Waals surface area contributed by atoms with E-state index in [1.165, 1.54) is 0 Å². The fourth-order valence-corrected chi connectivity index (χ4v) is 11.1. The molecule has 3 atom stereocenters. The zero-order valence-corrected chi connectivity index (χ0v) is 50.6. The number of anilines is 4. The van der Waals surface area contributed by atoms with Crippen LogP contribution in [0.4, 0.5) is 28.3 Å². The monoisotopic (exact) mass is 1240 g/mol. The molecule has 1 aromatic heterocycles. The molecule has 3 aliphatic heterocycles. The molecule has 0 aliphatic carbocycles. The maximum atomic E-state index is 12.4. The molecule has 88 heavy (non-hydrogen) atoms. The first-order chi connectivity index (χ1) is 42.2. The number of amides is 3. The Morgan fingerprint density at radius 3 is 1.56 bits per heavy atom. The Labute approximate surface area is 513 Å². The molecule has 12 N–H and O–H groups in total. The van der Waals surface area contributed by atoms with Gasteiger partial charge in [0.1, 0.15) is 12.1 Å². The van der Waals surface area contributed by atoms with Crippen molar-refractivity contribution in [1.29, 1.82) is 0 Å². The van der Waals surface area contributed by atoms with Gasteiger partial charge in [0.25, 0.3) is 0 Å². The summed E-state index contributed by atoms with van der Waals surface area (Å²) in [5.74, 6) is -5.44. The topological polar surface area (TPSA) is 408 Å². The molecule has 3 amide bonds. The van der Waals surface area contributed by atoms with Crippen molar-refractivity contribution in [3.05, 3.63) is 29.8 Å². The van der Waals surface area contributed by atoms with Crippen LogP contribution in [-0.2, 0) is 40.0 Å². The second-order valence-electron chi connectivity index (χ2n) is 23.0. The minimum Gasteiger partial charge on any atom is -0.480 e. The zero-order chi connectivity index (χ0) is 63.8. The number of carboxylic acid groups (broad SMARTS) is 6. The number of carbonyl (C=O) groups excluding carboxylic acids is 2. The number of carboxylic acids is 6. The quantitative estimate of drug-likeness (QED) is 0.0335. The van der Waals surface area contributed by atoms with Gasteiger partial charge in [0.15, 0.2) is 6.29 Å². The number of nitrogens with zero attached hydrogens (tertiary/aromatic N) is 10. The second kappa shape index (κ2) is 39.0. The lowest BCUT2D eigenvalue weighted by Gasteiger charge is -2.37. The van der Waals surface area contributed by atoms with Crippen LogP contribution < -0.4 is 31.1 Å². The normalized spacial score (nSPS) is 17.9. The van der Waals surface area contributed by atoms with Gasteiger partial charge in [0.2, 0.25) is 23.8 Å². The van der Waals surface area contributed by atoms with Crippen LogP contribution in [0, 0.1) is 0 Å². The summed E-state index contributed by atoms with van der Waals surface area (Å²) in [6.45, 7) is 6.33. The number of aliphatic hydroxyl groups is 2. The summed E-state index contributed by atoms with van der Waals surface area (Å²) in [4.78, 5) is 124. The number of piperazine rings is 1. The molecule has 5 rings (SSSR count). The Hall–Kier alpha value is -7.09. The largest absolute Gasteiger partial charge is 0.480 e. The van der Waals surface area contributed by atoms with Gasteiger partial charge in [-0.3, -0.25) is 48.5 Å². The third-order valence-corrected chi connectivity index (χ3v) is 15.9. The van der Waals surface area contributed by atoms with Crippen molar-refractivity contribution in [3.8, 4) is 0 Å². The van der Waals surface area contributed by atoms with E-state index < -0.39 is 66.3 Å². The maximum absolute atomic E-state index is 12.4. The number of aliphatic carboxylic acids is 6. The third-order valence-electron chi connectivity index (χ3n) is 15.9. The smallest absolute Gasteiger partial charge is 0.326 e. The van der Waals surface area contributed by atoms with E-state index in [1.807, 2.05) is 24.3 Å². The van der Waals surface area contributed by atoms with Crippen molar-refractivity contribution >= 4 is 71.3 Å². The number of piperidine rings is 1. The van der Waals surface area contributed by atoms with Gasteiger partial charge in [-0.25, -0.2) is 14.4 Å². The minimum atomic E-state index is -1.75. The standard InChI is InChI=1S/C58H94N14O16/c73-47(59-22-10-9-14-45(53(84)85)61-58(88)62-46(54(86)87)20-21-48(74)75)15-8-5-3-1-2-4-6-11-23-66-30-33-71(34-31-66)57-64-55(63-56(65-57)70-24-12-7-13-25-70)60-43-18-16-42(17-19-43)36-44-37-69(40-51(80)81)29-28-67(38-49(76)77)26-27-68(39-50(78)79)32-35-72(44)41-52(82)83/h16-19,44-46,48,74-75H,1-15,20-41H2,(H,59,73)(H,76,77)(H,78,79)(H,80,81)(H,82,83)(H,84,85)(H,86,87)(H2,61,62,88)(H,60,63,64,65)/t44?,45-,46-/m0/s1. The van der Waals surface area contributed by atoms with E-state index >= 15 is 0 Å². The Kier molecular flexibility index (Phi) is 31.8. The highest BCUT2D eigenvalue weighted by atomic mass is 16.5. The fraction of sp³-hybridized carbons (Fsp3) is 0.707. The number of aliphatic hydroxyl groups excluding tert-OH is 1. The summed E-state index contributed by atoms with van der Waals surface area (Å²) in [7, 11) is 0. The number of benzene rings is 1. The van der Waals surface area contributed by atoms with Crippen LogP contribution in [0.2, 0.25) is 0 Å². The fourth-order valence-electron chi connectivity index (χ4n) is 11.1. The van der Waals surface area contributed by atoms with Gasteiger partial charge < -0.3 is 71.9 Å². The van der Waals surface area contributed by atoms with E-state index in [4.69, 9.17) is 25.2 Å². The lowest BCUT2D eigenvalue weighted by molar-refractivity contribution is -0.142. The molecular formula is C58H94N14O16. The van der Waals surface area contributed by atoms with Crippen LogP contribution in [0.15, 0.2) is 24.3 Å². The maximum Gasteiger partial charge on any atom is 0.326 e. The highest BCUT2D eigenvalue weighted by Gasteiger charge is 2.30. The molecule has 492 valence electrons. The number of nitrogens with one attached hydrogen (secondary N) is 4.